The van der Waals surface area contributed by atoms with Gasteiger partial charge in [0, 0.05) is 25.1 Å². The van der Waals surface area contributed by atoms with Crippen LogP contribution in [0.4, 0.5) is 4.39 Å². The van der Waals surface area contributed by atoms with Crippen molar-refractivity contribution in [1.82, 2.24) is 16.0 Å². The molecule has 1 aromatic rings. The zero-order valence-corrected chi connectivity index (χ0v) is 13.7. The van der Waals surface area contributed by atoms with Crippen LogP contribution in [-0.4, -0.2) is 38.5 Å². The number of benzene rings is 1. The van der Waals surface area contributed by atoms with Gasteiger partial charge in [-0.05, 0) is 44.6 Å². The number of rotatable bonds is 8. The minimum atomic E-state index is -0.402. The van der Waals surface area contributed by atoms with E-state index in [-0.39, 0.29) is 29.8 Å². The van der Waals surface area contributed by atoms with Crippen molar-refractivity contribution in [2.24, 2.45) is 0 Å². The zero-order valence-electron chi connectivity index (χ0n) is 12.9. The smallest absolute Gasteiger partial charge is 0.251 e. The highest BCUT2D eigenvalue weighted by Crippen LogP contribution is 2.08. The Balaban J connectivity index is 0.00000441. The zero-order chi connectivity index (χ0) is 15.7. The van der Waals surface area contributed by atoms with Crippen LogP contribution in [0.5, 0.6) is 0 Å². The van der Waals surface area contributed by atoms with E-state index < -0.39 is 5.82 Å². The van der Waals surface area contributed by atoms with Crippen molar-refractivity contribution in [1.29, 1.82) is 0 Å². The van der Waals surface area contributed by atoms with E-state index in [1.54, 1.807) is 19.1 Å². The van der Waals surface area contributed by atoms with Crippen LogP contribution in [-0.2, 0) is 4.79 Å². The summed E-state index contributed by atoms with van der Waals surface area (Å²) in [6.07, 6.45) is 1.23. The molecule has 1 aromatic carbocycles. The van der Waals surface area contributed by atoms with Gasteiger partial charge in [-0.15, -0.1) is 12.4 Å². The monoisotopic (exact) mass is 331 g/mol. The number of hydrogen-bond donors (Lipinski definition) is 3. The molecule has 0 aromatic heterocycles. The molecule has 0 radical (unpaired) electrons. The second-order valence-corrected chi connectivity index (χ2v) is 4.78. The van der Waals surface area contributed by atoms with Crippen molar-refractivity contribution >= 4 is 24.2 Å². The van der Waals surface area contributed by atoms with Gasteiger partial charge in [-0.1, -0.05) is 6.07 Å². The van der Waals surface area contributed by atoms with Crippen LogP contribution in [0.3, 0.4) is 0 Å². The third-order valence-corrected chi connectivity index (χ3v) is 3.00. The molecule has 0 aliphatic heterocycles. The summed E-state index contributed by atoms with van der Waals surface area (Å²) < 4.78 is 13.3. The summed E-state index contributed by atoms with van der Waals surface area (Å²) in [6.45, 7) is 3.11. The molecule has 2 amide bonds. The van der Waals surface area contributed by atoms with Crippen LogP contribution in [0.15, 0.2) is 18.2 Å². The molecule has 124 valence electrons. The minimum Gasteiger partial charge on any atom is -0.354 e. The summed E-state index contributed by atoms with van der Waals surface area (Å²) in [4.78, 5) is 23.2. The summed E-state index contributed by atoms with van der Waals surface area (Å²) in [5.74, 6) is -0.792. The Labute approximate surface area is 136 Å². The second-order valence-electron chi connectivity index (χ2n) is 4.78. The largest absolute Gasteiger partial charge is 0.354 e. The first kappa shape index (κ1) is 20.3. The maximum Gasteiger partial charge on any atom is 0.251 e. The van der Waals surface area contributed by atoms with E-state index in [2.05, 4.69) is 16.0 Å². The van der Waals surface area contributed by atoms with Gasteiger partial charge < -0.3 is 16.0 Å². The number of hydrogen-bond acceptors (Lipinski definition) is 3. The van der Waals surface area contributed by atoms with Gasteiger partial charge in [0.05, 0.1) is 0 Å². The number of aryl methyl sites for hydroxylation is 1. The molecular weight excluding hydrogens is 309 g/mol. The molecule has 22 heavy (non-hydrogen) atoms. The van der Waals surface area contributed by atoms with Crippen LogP contribution < -0.4 is 16.0 Å². The molecule has 0 saturated carbocycles. The molecule has 0 unspecified atom stereocenters. The average molecular weight is 332 g/mol. The van der Waals surface area contributed by atoms with E-state index in [1.165, 1.54) is 6.07 Å². The lowest BCUT2D eigenvalue weighted by atomic mass is 10.1. The standard InChI is InChI=1S/C15H22FN3O2.ClH/c1-11-5-6-12(10-13(11)16)15(21)19-9-8-18-14(20)4-3-7-17-2;/h5-6,10,17H,3-4,7-9H2,1-2H3,(H,18,20)(H,19,21);1H. The molecule has 1 rings (SSSR count). The van der Waals surface area contributed by atoms with Crippen molar-refractivity contribution < 1.29 is 14.0 Å². The predicted octanol–water partition coefficient (Wildman–Crippen LogP) is 1.40. The highest BCUT2D eigenvalue weighted by atomic mass is 35.5. The Morgan fingerprint density at radius 2 is 1.82 bits per heavy atom. The molecule has 0 heterocycles. The Morgan fingerprint density at radius 3 is 2.45 bits per heavy atom. The minimum absolute atomic E-state index is 0. The molecular formula is C15H23ClFN3O2. The fourth-order valence-corrected chi connectivity index (χ4v) is 1.73. The first-order valence-electron chi connectivity index (χ1n) is 7.00. The van der Waals surface area contributed by atoms with E-state index in [9.17, 15) is 14.0 Å². The summed E-state index contributed by atoms with van der Waals surface area (Å²) in [6, 6.07) is 4.35. The fourth-order valence-electron chi connectivity index (χ4n) is 1.73. The van der Waals surface area contributed by atoms with Gasteiger partial charge >= 0.3 is 0 Å². The van der Waals surface area contributed by atoms with Gasteiger partial charge in [0.1, 0.15) is 5.82 Å². The Morgan fingerprint density at radius 1 is 1.14 bits per heavy atom. The van der Waals surface area contributed by atoms with E-state index in [4.69, 9.17) is 0 Å². The lowest BCUT2D eigenvalue weighted by Crippen LogP contribution is -2.34. The van der Waals surface area contributed by atoms with E-state index in [0.717, 1.165) is 13.0 Å². The van der Waals surface area contributed by atoms with Crippen molar-refractivity contribution in [3.63, 3.8) is 0 Å². The third kappa shape index (κ3) is 7.38. The Kier molecular flexibility index (Phi) is 10.2. The van der Waals surface area contributed by atoms with Gasteiger partial charge in [-0.3, -0.25) is 9.59 Å². The number of halogens is 2. The lowest BCUT2D eigenvalue weighted by molar-refractivity contribution is -0.121. The summed E-state index contributed by atoms with van der Waals surface area (Å²) in [5.41, 5.74) is 0.777. The lowest BCUT2D eigenvalue weighted by Gasteiger charge is -2.08. The van der Waals surface area contributed by atoms with Crippen molar-refractivity contribution in [3.8, 4) is 0 Å². The fraction of sp³-hybridized carbons (Fsp3) is 0.467. The molecule has 0 atom stereocenters. The van der Waals surface area contributed by atoms with Crippen LogP contribution in [0.25, 0.3) is 0 Å². The van der Waals surface area contributed by atoms with Crippen LogP contribution in [0.1, 0.15) is 28.8 Å². The molecule has 3 N–H and O–H groups in total. The first-order chi connectivity index (χ1) is 10.0. The highest BCUT2D eigenvalue weighted by Gasteiger charge is 2.07. The van der Waals surface area contributed by atoms with Gasteiger partial charge in [-0.25, -0.2) is 4.39 Å². The van der Waals surface area contributed by atoms with Crippen molar-refractivity contribution in [2.75, 3.05) is 26.7 Å². The van der Waals surface area contributed by atoms with Gasteiger partial charge in [-0.2, -0.15) is 0 Å². The summed E-state index contributed by atoms with van der Waals surface area (Å²) in [5, 5.41) is 8.31. The molecule has 5 nitrogen and oxygen atoms in total. The Bertz CT molecular complexity index is 498. The molecule has 0 spiro atoms. The van der Waals surface area contributed by atoms with E-state index in [1.807, 2.05) is 7.05 Å². The van der Waals surface area contributed by atoms with E-state index >= 15 is 0 Å². The third-order valence-electron chi connectivity index (χ3n) is 3.00. The van der Waals surface area contributed by atoms with Crippen LogP contribution in [0, 0.1) is 12.7 Å². The van der Waals surface area contributed by atoms with Gasteiger partial charge in [0.2, 0.25) is 5.91 Å². The quantitative estimate of drug-likeness (QED) is 0.631. The molecule has 0 aliphatic rings. The van der Waals surface area contributed by atoms with Gasteiger partial charge in [0.15, 0.2) is 0 Å². The Hall–Kier alpha value is -1.66. The number of amides is 2. The molecule has 0 bridgehead atoms. The normalized spacial score (nSPS) is 9.77. The number of carbonyl (C=O) groups is 2. The molecule has 0 fully saturated rings. The number of carbonyl (C=O) groups excluding carboxylic acids is 2. The maximum atomic E-state index is 13.3. The molecule has 0 saturated heterocycles. The van der Waals surface area contributed by atoms with Crippen LogP contribution >= 0.6 is 12.4 Å². The molecule has 7 heteroatoms. The molecule has 0 aliphatic carbocycles. The van der Waals surface area contributed by atoms with Crippen molar-refractivity contribution in [2.45, 2.75) is 19.8 Å². The maximum absolute atomic E-state index is 13.3. The summed E-state index contributed by atoms with van der Waals surface area (Å²) in [7, 11) is 1.83. The summed E-state index contributed by atoms with van der Waals surface area (Å²) >= 11 is 0. The topological polar surface area (TPSA) is 70.2 Å². The average Bonchev–Trinajstić information content (AvgIpc) is 2.46. The number of nitrogens with one attached hydrogen (secondary N) is 3. The first-order valence-corrected chi connectivity index (χ1v) is 7.00. The SMILES string of the molecule is CNCCCC(=O)NCCNC(=O)c1ccc(C)c(F)c1.Cl. The second kappa shape index (κ2) is 11.0. The highest BCUT2D eigenvalue weighted by molar-refractivity contribution is 5.94. The predicted molar refractivity (Wildman–Crippen MR) is 86.9 cm³/mol. The van der Waals surface area contributed by atoms with Gasteiger partial charge in [0.25, 0.3) is 5.91 Å². The van der Waals surface area contributed by atoms with Crippen molar-refractivity contribution in [3.05, 3.63) is 35.1 Å². The van der Waals surface area contributed by atoms with Crippen LogP contribution in [0.2, 0.25) is 0 Å². The van der Waals surface area contributed by atoms with E-state index in [0.29, 0.717) is 25.1 Å².